The van der Waals surface area contributed by atoms with Gasteiger partial charge in [0, 0.05) is 35.2 Å². The first-order chi connectivity index (χ1) is 11.7. The molecule has 1 amide bonds. The predicted octanol–water partition coefficient (Wildman–Crippen LogP) is 4.15. The average molecular weight is 387 g/mol. The minimum atomic E-state index is -0.223. The molecule has 0 radical (unpaired) electrons. The molecule has 2 aliphatic heterocycles. The van der Waals surface area contributed by atoms with Gasteiger partial charge in [0.15, 0.2) is 0 Å². The van der Waals surface area contributed by atoms with Crippen LogP contribution < -0.4 is 5.32 Å². The van der Waals surface area contributed by atoms with Crippen LogP contribution in [0.4, 0.5) is 10.5 Å². The van der Waals surface area contributed by atoms with Crippen LogP contribution in [0.15, 0.2) is 53.0 Å². The molecule has 4 rings (SSSR count). The zero-order valence-electron chi connectivity index (χ0n) is 13.3. The highest BCUT2D eigenvalue weighted by Gasteiger charge is 2.46. The normalized spacial score (nSPS) is 21.6. The van der Waals surface area contributed by atoms with Gasteiger partial charge in [0.1, 0.15) is 6.61 Å². The van der Waals surface area contributed by atoms with Crippen molar-refractivity contribution in [3.8, 4) is 0 Å². The van der Waals surface area contributed by atoms with Crippen LogP contribution in [-0.4, -0.2) is 30.6 Å². The van der Waals surface area contributed by atoms with Gasteiger partial charge in [-0.2, -0.15) is 0 Å². The summed E-state index contributed by atoms with van der Waals surface area (Å²) < 4.78 is 6.56. The van der Waals surface area contributed by atoms with Crippen LogP contribution in [0.2, 0.25) is 0 Å². The summed E-state index contributed by atoms with van der Waals surface area (Å²) in [5, 5.41) is 3.48. The number of hydrogen-bond acceptors (Lipinski definition) is 3. The Labute approximate surface area is 149 Å². The number of amides is 1. The molecule has 0 aromatic heterocycles. The zero-order valence-corrected chi connectivity index (χ0v) is 14.9. The Hall–Kier alpha value is -2.01. The molecular weight excluding hydrogens is 368 g/mol. The number of ether oxygens (including phenoxy) is 1. The Bertz CT molecular complexity index is 765. The number of rotatable bonds is 2. The highest BCUT2D eigenvalue weighted by Crippen LogP contribution is 2.44. The third kappa shape index (κ3) is 2.77. The minimum absolute atomic E-state index is 0.00484. The van der Waals surface area contributed by atoms with Crippen molar-refractivity contribution >= 4 is 27.7 Å². The minimum Gasteiger partial charge on any atom is -0.445 e. The molecular formula is C19H19BrN2O2. The molecule has 4 nitrogen and oxygen atoms in total. The summed E-state index contributed by atoms with van der Waals surface area (Å²) in [6.07, 6.45) is 0.739. The van der Waals surface area contributed by atoms with Crippen molar-refractivity contribution in [2.45, 2.75) is 18.4 Å². The van der Waals surface area contributed by atoms with Crippen LogP contribution in [0.25, 0.3) is 0 Å². The topological polar surface area (TPSA) is 41.6 Å². The number of halogens is 1. The molecule has 0 aliphatic carbocycles. The molecule has 5 heteroatoms. The lowest BCUT2D eigenvalue weighted by Crippen LogP contribution is -2.36. The summed E-state index contributed by atoms with van der Waals surface area (Å²) in [6.45, 7) is 2.64. The van der Waals surface area contributed by atoms with Crippen LogP contribution in [-0.2, 0) is 16.8 Å². The standard InChI is InChI=1S/C19H19BrN2O2/c20-15-6-7-17-16(10-15)19(12-21-17)8-9-22(13-19)18(23)24-11-14-4-2-1-3-5-14/h1-7,10,21H,8-9,11-13H2. The van der Waals surface area contributed by atoms with Crippen molar-refractivity contribution in [2.75, 3.05) is 25.0 Å². The van der Waals surface area contributed by atoms with Gasteiger partial charge in [-0.1, -0.05) is 46.3 Å². The second kappa shape index (κ2) is 6.13. The van der Waals surface area contributed by atoms with Gasteiger partial charge in [-0.3, -0.25) is 0 Å². The fourth-order valence-corrected chi connectivity index (χ4v) is 4.03. The monoisotopic (exact) mass is 386 g/mol. The number of benzene rings is 2. The molecule has 24 heavy (non-hydrogen) atoms. The highest BCUT2D eigenvalue weighted by molar-refractivity contribution is 9.10. The maximum Gasteiger partial charge on any atom is 0.410 e. The molecule has 1 unspecified atom stereocenters. The van der Waals surface area contributed by atoms with E-state index in [9.17, 15) is 4.79 Å². The molecule has 1 N–H and O–H groups in total. The van der Waals surface area contributed by atoms with Gasteiger partial charge in [0.2, 0.25) is 0 Å². The molecule has 1 spiro atoms. The van der Waals surface area contributed by atoms with Crippen molar-refractivity contribution < 1.29 is 9.53 Å². The van der Waals surface area contributed by atoms with E-state index in [-0.39, 0.29) is 11.5 Å². The van der Waals surface area contributed by atoms with Crippen LogP contribution in [0.1, 0.15) is 17.5 Å². The van der Waals surface area contributed by atoms with Crippen molar-refractivity contribution in [3.05, 3.63) is 64.1 Å². The molecule has 2 heterocycles. The van der Waals surface area contributed by atoms with Crippen LogP contribution in [0.5, 0.6) is 0 Å². The largest absolute Gasteiger partial charge is 0.445 e. The van der Waals surface area contributed by atoms with Crippen LogP contribution in [0, 0.1) is 0 Å². The smallest absolute Gasteiger partial charge is 0.410 e. The van der Waals surface area contributed by atoms with Gasteiger partial charge in [-0.15, -0.1) is 0 Å². The van der Waals surface area contributed by atoms with Crippen LogP contribution >= 0.6 is 15.9 Å². The van der Waals surface area contributed by atoms with Gasteiger partial charge in [-0.25, -0.2) is 4.79 Å². The maximum absolute atomic E-state index is 12.4. The van der Waals surface area contributed by atoms with Crippen molar-refractivity contribution in [1.82, 2.24) is 4.90 Å². The first kappa shape index (κ1) is 15.5. The van der Waals surface area contributed by atoms with E-state index in [0.717, 1.165) is 29.5 Å². The maximum atomic E-state index is 12.4. The van der Waals surface area contributed by atoms with Gasteiger partial charge in [-0.05, 0) is 35.7 Å². The summed E-state index contributed by atoms with van der Waals surface area (Å²) in [5.41, 5.74) is 3.50. The molecule has 2 aromatic rings. The number of anilines is 1. The van der Waals surface area contributed by atoms with E-state index >= 15 is 0 Å². The molecule has 2 aliphatic rings. The quantitative estimate of drug-likeness (QED) is 0.842. The lowest BCUT2D eigenvalue weighted by molar-refractivity contribution is 0.102. The Morgan fingerprint density at radius 3 is 2.92 bits per heavy atom. The Kier molecular flexibility index (Phi) is 3.96. The fraction of sp³-hybridized carbons (Fsp3) is 0.316. The number of hydrogen-bond donors (Lipinski definition) is 1. The number of nitrogens with zero attached hydrogens (tertiary/aromatic N) is 1. The summed E-state index contributed by atoms with van der Waals surface area (Å²) in [5.74, 6) is 0. The molecule has 1 atom stereocenters. The van der Waals surface area contributed by atoms with E-state index < -0.39 is 0 Å². The Balaban J connectivity index is 1.44. The Morgan fingerprint density at radius 2 is 2.08 bits per heavy atom. The SMILES string of the molecule is O=C(OCc1ccccc1)N1CCC2(CNc3ccc(Br)cc32)C1. The predicted molar refractivity (Wildman–Crippen MR) is 97.1 cm³/mol. The van der Waals surface area contributed by atoms with E-state index in [1.165, 1.54) is 11.3 Å². The van der Waals surface area contributed by atoms with E-state index in [1.54, 1.807) is 0 Å². The summed E-state index contributed by atoms with van der Waals surface area (Å²) >= 11 is 3.56. The second-order valence-electron chi connectivity index (χ2n) is 6.54. The lowest BCUT2D eigenvalue weighted by atomic mass is 9.82. The number of likely N-dealkylation sites (tertiary alicyclic amines) is 1. The number of carbonyl (C=O) groups is 1. The van der Waals surface area contributed by atoms with E-state index in [2.05, 4.69) is 33.4 Å². The fourth-order valence-electron chi connectivity index (χ4n) is 3.67. The van der Waals surface area contributed by atoms with Gasteiger partial charge < -0.3 is 15.0 Å². The lowest BCUT2D eigenvalue weighted by Gasteiger charge is -2.24. The summed E-state index contributed by atoms with van der Waals surface area (Å²) in [4.78, 5) is 14.2. The first-order valence-electron chi connectivity index (χ1n) is 8.16. The molecule has 1 fully saturated rings. The van der Waals surface area contributed by atoms with Crippen molar-refractivity contribution in [1.29, 1.82) is 0 Å². The Morgan fingerprint density at radius 1 is 1.25 bits per heavy atom. The number of fused-ring (bicyclic) bond motifs is 2. The molecule has 0 saturated carbocycles. The molecule has 2 aromatic carbocycles. The van der Waals surface area contributed by atoms with Gasteiger partial charge in [0.25, 0.3) is 0 Å². The first-order valence-corrected chi connectivity index (χ1v) is 8.95. The highest BCUT2D eigenvalue weighted by atomic mass is 79.9. The summed E-state index contributed by atoms with van der Waals surface area (Å²) in [7, 11) is 0. The van der Waals surface area contributed by atoms with E-state index in [1.807, 2.05) is 41.3 Å². The number of nitrogens with one attached hydrogen (secondary N) is 1. The van der Waals surface area contributed by atoms with Gasteiger partial charge >= 0.3 is 6.09 Å². The summed E-state index contributed by atoms with van der Waals surface area (Å²) in [6, 6.07) is 16.1. The average Bonchev–Trinajstić information content (AvgIpc) is 3.19. The van der Waals surface area contributed by atoms with Crippen molar-refractivity contribution in [3.63, 3.8) is 0 Å². The molecule has 124 valence electrons. The third-order valence-corrected chi connectivity index (χ3v) is 5.48. The van der Waals surface area contributed by atoms with Crippen molar-refractivity contribution in [2.24, 2.45) is 0 Å². The third-order valence-electron chi connectivity index (χ3n) is 4.99. The van der Waals surface area contributed by atoms with Crippen LogP contribution in [0.3, 0.4) is 0 Å². The number of carbonyl (C=O) groups excluding carboxylic acids is 1. The molecule has 1 saturated heterocycles. The molecule has 0 bridgehead atoms. The van der Waals surface area contributed by atoms with E-state index in [0.29, 0.717) is 13.2 Å². The zero-order chi connectivity index (χ0) is 16.6. The second-order valence-corrected chi connectivity index (χ2v) is 7.45. The van der Waals surface area contributed by atoms with E-state index in [4.69, 9.17) is 4.74 Å². The van der Waals surface area contributed by atoms with Gasteiger partial charge in [0.05, 0.1) is 0 Å².